The standard InChI is InChI=1S/C22H26N4O/c1-17-5-3-7-20(13-17)16-25-9-11-26(12-10-25)18(2)22(27)24-21-8-4-6-19(14-21)15-23/h3-8,13-14,18H,9-12,16H2,1-2H3,(H,24,27)/p+2/t18-/m1/s1. The summed E-state index contributed by atoms with van der Waals surface area (Å²) in [5.41, 5.74) is 3.94. The molecule has 2 aromatic rings. The fraction of sp³-hybridized carbons (Fsp3) is 0.364. The van der Waals surface area contributed by atoms with E-state index in [9.17, 15) is 4.79 Å². The van der Waals surface area contributed by atoms with Crippen LogP contribution in [0.3, 0.4) is 0 Å². The summed E-state index contributed by atoms with van der Waals surface area (Å²) < 4.78 is 0. The Morgan fingerprint density at radius 3 is 2.59 bits per heavy atom. The van der Waals surface area contributed by atoms with Crippen molar-refractivity contribution >= 4 is 11.6 Å². The molecule has 0 spiro atoms. The van der Waals surface area contributed by atoms with Gasteiger partial charge in [0, 0.05) is 11.3 Å². The summed E-state index contributed by atoms with van der Waals surface area (Å²) >= 11 is 0. The molecule has 1 heterocycles. The van der Waals surface area contributed by atoms with E-state index in [0.717, 1.165) is 32.7 Å². The van der Waals surface area contributed by atoms with Crippen molar-refractivity contribution in [3.8, 4) is 6.07 Å². The molecule has 140 valence electrons. The second-order valence-corrected chi connectivity index (χ2v) is 7.48. The minimum Gasteiger partial charge on any atom is -0.322 e. The summed E-state index contributed by atoms with van der Waals surface area (Å²) in [5.74, 6) is 0.0159. The highest BCUT2D eigenvalue weighted by molar-refractivity contribution is 5.93. The molecule has 3 rings (SSSR count). The van der Waals surface area contributed by atoms with Crippen molar-refractivity contribution in [2.24, 2.45) is 0 Å². The van der Waals surface area contributed by atoms with Gasteiger partial charge in [0.05, 0.1) is 11.6 Å². The molecule has 0 bridgehead atoms. The minimum atomic E-state index is -0.101. The van der Waals surface area contributed by atoms with Gasteiger partial charge < -0.3 is 15.1 Å². The van der Waals surface area contributed by atoms with E-state index < -0.39 is 0 Å². The van der Waals surface area contributed by atoms with Crippen LogP contribution in [-0.4, -0.2) is 38.1 Å². The normalized spacial score (nSPS) is 20.5. The molecule has 5 nitrogen and oxygen atoms in total. The molecule has 0 saturated carbocycles. The Kier molecular flexibility index (Phi) is 6.23. The summed E-state index contributed by atoms with van der Waals surface area (Å²) in [6.45, 7) is 9.31. The summed E-state index contributed by atoms with van der Waals surface area (Å²) in [6.07, 6.45) is 0. The van der Waals surface area contributed by atoms with Crippen LogP contribution in [0.2, 0.25) is 0 Å². The molecule has 1 fully saturated rings. The molecule has 1 atom stereocenters. The van der Waals surface area contributed by atoms with Gasteiger partial charge in [-0.25, -0.2) is 0 Å². The Labute approximate surface area is 161 Å². The van der Waals surface area contributed by atoms with Crippen molar-refractivity contribution in [3.05, 3.63) is 65.2 Å². The first-order chi connectivity index (χ1) is 13.0. The molecule has 2 aromatic carbocycles. The number of aryl methyl sites for hydroxylation is 1. The molecule has 1 aliphatic rings. The van der Waals surface area contributed by atoms with Crippen LogP contribution in [0.1, 0.15) is 23.6 Å². The summed E-state index contributed by atoms with van der Waals surface area (Å²) in [5, 5.41) is 11.9. The Bertz CT molecular complexity index is 834. The van der Waals surface area contributed by atoms with E-state index in [1.165, 1.54) is 16.0 Å². The van der Waals surface area contributed by atoms with E-state index in [2.05, 4.69) is 42.6 Å². The van der Waals surface area contributed by atoms with E-state index >= 15 is 0 Å². The van der Waals surface area contributed by atoms with E-state index in [1.807, 2.05) is 13.0 Å². The van der Waals surface area contributed by atoms with Crippen LogP contribution in [0, 0.1) is 18.3 Å². The minimum absolute atomic E-state index is 0.0159. The summed E-state index contributed by atoms with van der Waals surface area (Å²) in [6, 6.07) is 17.8. The molecule has 0 radical (unpaired) electrons. The van der Waals surface area contributed by atoms with Gasteiger partial charge in [0.2, 0.25) is 0 Å². The third-order valence-electron chi connectivity index (χ3n) is 5.40. The average Bonchev–Trinajstić information content (AvgIpc) is 2.68. The van der Waals surface area contributed by atoms with Gasteiger partial charge in [-0.2, -0.15) is 5.26 Å². The number of hydrogen-bond acceptors (Lipinski definition) is 2. The average molecular weight is 364 g/mol. The SMILES string of the molecule is Cc1cccc(C[NH+]2CC[NH+]([C@H](C)C(=O)Nc3cccc(C#N)c3)CC2)c1. The number of quaternary nitrogens is 2. The lowest BCUT2D eigenvalue weighted by Gasteiger charge is -2.32. The number of benzene rings is 2. The monoisotopic (exact) mass is 364 g/mol. The molecular formula is C22H28N4O+2. The molecule has 1 aliphatic heterocycles. The van der Waals surface area contributed by atoms with E-state index in [0.29, 0.717) is 11.3 Å². The molecule has 0 unspecified atom stereocenters. The fourth-order valence-electron chi connectivity index (χ4n) is 3.75. The molecule has 3 N–H and O–H groups in total. The number of carbonyl (C=O) groups excluding carboxylic acids is 1. The molecule has 5 heteroatoms. The molecule has 0 aliphatic carbocycles. The first-order valence-corrected chi connectivity index (χ1v) is 9.60. The third-order valence-corrected chi connectivity index (χ3v) is 5.40. The number of nitriles is 1. The zero-order valence-electron chi connectivity index (χ0n) is 16.1. The molecule has 27 heavy (non-hydrogen) atoms. The number of amides is 1. The highest BCUT2D eigenvalue weighted by Gasteiger charge is 2.31. The van der Waals surface area contributed by atoms with Gasteiger partial charge in [0.25, 0.3) is 5.91 Å². The van der Waals surface area contributed by atoms with Crippen molar-refractivity contribution in [2.75, 3.05) is 31.5 Å². The number of piperazine rings is 1. The van der Waals surface area contributed by atoms with Crippen molar-refractivity contribution in [1.82, 2.24) is 0 Å². The van der Waals surface area contributed by atoms with Crippen LogP contribution in [0.5, 0.6) is 0 Å². The number of nitrogens with one attached hydrogen (secondary N) is 3. The van der Waals surface area contributed by atoms with Gasteiger partial charge in [-0.15, -0.1) is 0 Å². The Hall–Kier alpha value is -2.68. The van der Waals surface area contributed by atoms with Gasteiger partial charge in [-0.1, -0.05) is 35.9 Å². The number of anilines is 1. The van der Waals surface area contributed by atoms with Gasteiger partial charge >= 0.3 is 0 Å². The van der Waals surface area contributed by atoms with Gasteiger partial charge in [-0.05, 0) is 32.0 Å². The van der Waals surface area contributed by atoms with Crippen molar-refractivity contribution < 1.29 is 14.6 Å². The number of hydrogen-bond donors (Lipinski definition) is 3. The molecule has 0 aromatic heterocycles. The fourth-order valence-corrected chi connectivity index (χ4v) is 3.75. The second kappa shape index (κ2) is 8.81. The predicted octanol–water partition coefficient (Wildman–Crippen LogP) is 0.177. The van der Waals surface area contributed by atoms with Gasteiger partial charge in [0.15, 0.2) is 6.04 Å². The van der Waals surface area contributed by atoms with E-state index in [4.69, 9.17) is 5.26 Å². The van der Waals surface area contributed by atoms with Gasteiger partial charge in [-0.3, -0.25) is 4.79 Å². The van der Waals surface area contributed by atoms with Crippen molar-refractivity contribution in [1.29, 1.82) is 5.26 Å². The zero-order valence-corrected chi connectivity index (χ0v) is 16.1. The quantitative estimate of drug-likeness (QED) is 0.709. The Morgan fingerprint density at radius 2 is 1.89 bits per heavy atom. The first kappa shape index (κ1) is 19.1. The number of carbonyl (C=O) groups is 1. The van der Waals surface area contributed by atoms with E-state index in [-0.39, 0.29) is 11.9 Å². The topological polar surface area (TPSA) is 61.8 Å². The lowest BCUT2D eigenvalue weighted by molar-refractivity contribution is -1.02. The van der Waals surface area contributed by atoms with Crippen LogP contribution in [0.4, 0.5) is 5.69 Å². The van der Waals surface area contributed by atoms with E-state index in [1.54, 1.807) is 23.1 Å². The van der Waals surface area contributed by atoms with Crippen LogP contribution < -0.4 is 15.1 Å². The van der Waals surface area contributed by atoms with Crippen LogP contribution in [0.15, 0.2) is 48.5 Å². The highest BCUT2D eigenvalue weighted by Crippen LogP contribution is 2.09. The maximum atomic E-state index is 12.6. The number of nitrogens with zero attached hydrogens (tertiary/aromatic N) is 1. The summed E-state index contributed by atoms with van der Waals surface area (Å²) in [7, 11) is 0. The lowest BCUT2D eigenvalue weighted by Crippen LogP contribution is -3.29. The third kappa shape index (κ3) is 5.16. The molecule has 1 saturated heterocycles. The van der Waals surface area contributed by atoms with Crippen molar-refractivity contribution in [2.45, 2.75) is 26.4 Å². The maximum absolute atomic E-state index is 12.6. The van der Waals surface area contributed by atoms with Crippen molar-refractivity contribution in [3.63, 3.8) is 0 Å². The Balaban J connectivity index is 1.51. The first-order valence-electron chi connectivity index (χ1n) is 9.60. The largest absolute Gasteiger partial charge is 0.322 e. The lowest BCUT2D eigenvalue weighted by atomic mass is 10.1. The Morgan fingerprint density at radius 1 is 1.15 bits per heavy atom. The number of rotatable bonds is 5. The highest BCUT2D eigenvalue weighted by atomic mass is 16.2. The predicted molar refractivity (Wildman–Crippen MR) is 106 cm³/mol. The van der Waals surface area contributed by atoms with Gasteiger partial charge in [0.1, 0.15) is 32.7 Å². The van der Waals surface area contributed by atoms with Crippen LogP contribution in [-0.2, 0) is 11.3 Å². The molecular weight excluding hydrogens is 336 g/mol. The summed E-state index contributed by atoms with van der Waals surface area (Å²) in [4.78, 5) is 15.5. The molecule has 1 amide bonds. The zero-order chi connectivity index (χ0) is 19.2. The van der Waals surface area contributed by atoms with Crippen LogP contribution >= 0.6 is 0 Å². The van der Waals surface area contributed by atoms with Crippen LogP contribution in [0.25, 0.3) is 0 Å². The smallest absolute Gasteiger partial charge is 0.282 e. The second-order valence-electron chi connectivity index (χ2n) is 7.48. The maximum Gasteiger partial charge on any atom is 0.282 e.